The molecular formula is C12H13Cl3FNO2S. The molecular weight excluding hydrogens is 348 g/mol. The van der Waals surface area contributed by atoms with Gasteiger partial charge in [0.05, 0.1) is 10.0 Å². The Balaban J connectivity index is 2.39. The SMILES string of the molecule is CC1CN(S(=O)(=O)c2ccc(Cl)c(F)c2Cl)CCC1Cl. The third-order valence-electron chi connectivity index (χ3n) is 3.38. The van der Waals surface area contributed by atoms with E-state index >= 15 is 0 Å². The second-order valence-electron chi connectivity index (χ2n) is 4.82. The van der Waals surface area contributed by atoms with E-state index in [-0.39, 0.29) is 27.8 Å². The van der Waals surface area contributed by atoms with Crippen LogP contribution in [0.1, 0.15) is 13.3 Å². The Morgan fingerprint density at radius 2 is 2.00 bits per heavy atom. The second kappa shape index (κ2) is 5.97. The molecule has 0 amide bonds. The third kappa shape index (κ3) is 2.92. The molecule has 2 unspecified atom stereocenters. The average Bonchev–Trinajstić information content (AvgIpc) is 2.38. The van der Waals surface area contributed by atoms with E-state index < -0.39 is 20.9 Å². The van der Waals surface area contributed by atoms with Gasteiger partial charge in [-0.2, -0.15) is 4.31 Å². The van der Waals surface area contributed by atoms with Crippen molar-refractivity contribution in [2.45, 2.75) is 23.6 Å². The lowest BCUT2D eigenvalue weighted by Gasteiger charge is -2.33. The van der Waals surface area contributed by atoms with Gasteiger partial charge in [0, 0.05) is 18.5 Å². The molecule has 1 fully saturated rings. The molecule has 1 aromatic rings. The maximum absolute atomic E-state index is 13.7. The Labute approximate surface area is 132 Å². The average molecular weight is 361 g/mol. The maximum atomic E-state index is 13.7. The van der Waals surface area contributed by atoms with Crippen LogP contribution in [0.4, 0.5) is 4.39 Å². The van der Waals surface area contributed by atoms with Crippen LogP contribution in [-0.2, 0) is 10.0 Å². The van der Waals surface area contributed by atoms with Crippen LogP contribution in [-0.4, -0.2) is 31.2 Å². The van der Waals surface area contributed by atoms with Gasteiger partial charge in [-0.15, -0.1) is 11.6 Å². The number of alkyl halides is 1. The smallest absolute Gasteiger partial charge is 0.207 e. The van der Waals surface area contributed by atoms with E-state index in [9.17, 15) is 12.8 Å². The first-order valence-corrected chi connectivity index (χ1v) is 8.66. The molecule has 1 heterocycles. The van der Waals surface area contributed by atoms with Gasteiger partial charge in [-0.25, -0.2) is 12.8 Å². The fourth-order valence-electron chi connectivity index (χ4n) is 2.14. The summed E-state index contributed by atoms with van der Waals surface area (Å²) in [5.74, 6) is -0.897. The van der Waals surface area contributed by atoms with Crippen molar-refractivity contribution < 1.29 is 12.8 Å². The number of sulfonamides is 1. The summed E-state index contributed by atoms with van der Waals surface area (Å²) in [6.45, 7) is 2.46. The van der Waals surface area contributed by atoms with Crippen molar-refractivity contribution in [1.82, 2.24) is 4.31 Å². The van der Waals surface area contributed by atoms with Crippen LogP contribution in [0.25, 0.3) is 0 Å². The quantitative estimate of drug-likeness (QED) is 0.595. The first kappa shape index (κ1) is 16.3. The van der Waals surface area contributed by atoms with E-state index in [2.05, 4.69) is 0 Å². The lowest BCUT2D eigenvalue weighted by Crippen LogP contribution is -2.43. The lowest BCUT2D eigenvalue weighted by atomic mass is 10.0. The van der Waals surface area contributed by atoms with E-state index in [0.717, 1.165) is 0 Å². The van der Waals surface area contributed by atoms with Gasteiger partial charge >= 0.3 is 0 Å². The Hall–Kier alpha value is -0.0700. The molecule has 3 nitrogen and oxygen atoms in total. The highest BCUT2D eigenvalue weighted by Gasteiger charge is 2.34. The maximum Gasteiger partial charge on any atom is 0.244 e. The summed E-state index contributed by atoms with van der Waals surface area (Å²) >= 11 is 17.4. The summed E-state index contributed by atoms with van der Waals surface area (Å²) in [6, 6.07) is 2.41. The van der Waals surface area contributed by atoms with E-state index in [0.29, 0.717) is 13.0 Å². The summed E-state index contributed by atoms with van der Waals surface area (Å²) < 4.78 is 40.0. The number of rotatable bonds is 2. The molecule has 8 heteroatoms. The summed E-state index contributed by atoms with van der Waals surface area (Å²) in [4.78, 5) is -0.263. The van der Waals surface area contributed by atoms with Crippen LogP contribution in [0.15, 0.2) is 17.0 Å². The van der Waals surface area contributed by atoms with E-state index in [1.54, 1.807) is 0 Å². The third-order valence-corrected chi connectivity index (χ3v) is 6.71. The molecule has 0 bridgehead atoms. The minimum absolute atomic E-state index is 0.0242. The van der Waals surface area contributed by atoms with Crippen molar-refractivity contribution in [3.8, 4) is 0 Å². The highest BCUT2D eigenvalue weighted by Crippen LogP contribution is 2.33. The number of halogens is 4. The predicted octanol–water partition coefficient (Wildman–Crippen LogP) is 3.77. The van der Waals surface area contributed by atoms with Gasteiger partial charge in [-0.05, 0) is 24.5 Å². The molecule has 0 aliphatic carbocycles. The summed E-state index contributed by atoms with van der Waals surface area (Å²) in [5, 5.41) is -0.737. The predicted molar refractivity (Wildman–Crippen MR) is 78.6 cm³/mol. The molecule has 2 rings (SSSR count). The number of hydrogen-bond acceptors (Lipinski definition) is 2. The van der Waals surface area contributed by atoms with Crippen LogP contribution < -0.4 is 0 Å². The zero-order valence-electron chi connectivity index (χ0n) is 10.6. The number of nitrogens with zero attached hydrogens (tertiary/aromatic N) is 1. The van der Waals surface area contributed by atoms with Gasteiger partial charge in [0.2, 0.25) is 10.0 Å². The highest BCUT2D eigenvalue weighted by atomic mass is 35.5. The van der Waals surface area contributed by atoms with E-state index in [1.165, 1.54) is 16.4 Å². The largest absolute Gasteiger partial charge is 0.244 e. The Morgan fingerprint density at radius 1 is 1.35 bits per heavy atom. The van der Waals surface area contributed by atoms with E-state index in [1.807, 2.05) is 6.92 Å². The summed E-state index contributed by atoms with van der Waals surface area (Å²) in [7, 11) is -3.84. The van der Waals surface area contributed by atoms with Gasteiger partial charge in [0.1, 0.15) is 4.90 Å². The van der Waals surface area contributed by atoms with Crippen LogP contribution in [0.5, 0.6) is 0 Å². The first-order chi connectivity index (χ1) is 9.25. The lowest BCUT2D eigenvalue weighted by molar-refractivity contribution is 0.286. The Bertz CT molecular complexity index is 623. The molecule has 0 radical (unpaired) electrons. The van der Waals surface area contributed by atoms with Crippen molar-refractivity contribution in [3.05, 3.63) is 28.0 Å². The fourth-order valence-corrected chi connectivity index (χ4v) is 4.60. The van der Waals surface area contributed by atoms with Crippen LogP contribution in [0, 0.1) is 11.7 Å². The Kier molecular flexibility index (Phi) is 4.87. The highest BCUT2D eigenvalue weighted by molar-refractivity contribution is 7.89. The molecule has 1 aliphatic rings. The zero-order chi connectivity index (χ0) is 15.1. The number of benzene rings is 1. The number of hydrogen-bond donors (Lipinski definition) is 0. The molecule has 1 saturated heterocycles. The van der Waals surface area contributed by atoms with Crippen LogP contribution >= 0.6 is 34.8 Å². The Morgan fingerprint density at radius 3 is 2.60 bits per heavy atom. The molecule has 1 aromatic carbocycles. The minimum atomic E-state index is -3.84. The van der Waals surface area contributed by atoms with Crippen LogP contribution in [0.3, 0.4) is 0 Å². The first-order valence-electron chi connectivity index (χ1n) is 6.03. The molecule has 0 spiro atoms. The monoisotopic (exact) mass is 359 g/mol. The molecule has 112 valence electrons. The summed E-state index contributed by atoms with van der Waals surface area (Å²) in [5.41, 5.74) is 0. The molecule has 0 aromatic heterocycles. The molecule has 0 saturated carbocycles. The van der Waals surface area contributed by atoms with Crippen molar-refractivity contribution in [3.63, 3.8) is 0 Å². The zero-order valence-corrected chi connectivity index (χ0v) is 13.7. The van der Waals surface area contributed by atoms with Crippen molar-refractivity contribution >= 4 is 44.8 Å². The second-order valence-corrected chi connectivity index (χ2v) is 8.07. The minimum Gasteiger partial charge on any atom is -0.207 e. The van der Waals surface area contributed by atoms with Gasteiger partial charge < -0.3 is 0 Å². The molecule has 0 N–H and O–H groups in total. The molecule has 1 aliphatic heterocycles. The van der Waals surface area contributed by atoms with Gasteiger partial charge in [0.15, 0.2) is 5.82 Å². The normalized spacial score (nSPS) is 24.9. The number of piperidine rings is 1. The molecule has 20 heavy (non-hydrogen) atoms. The van der Waals surface area contributed by atoms with Gasteiger partial charge in [-0.3, -0.25) is 0 Å². The van der Waals surface area contributed by atoms with Gasteiger partial charge in [0.25, 0.3) is 0 Å². The van der Waals surface area contributed by atoms with Crippen molar-refractivity contribution in [1.29, 1.82) is 0 Å². The fraction of sp³-hybridized carbons (Fsp3) is 0.500. The molecule has 2 atom stereocenters. The summed E-state index contributed by atoms with van der Waals surface area (Å²) in [6.07, 6.45) is 0.551. The van der Waals surface area contributed by atoms with Crippen molar-refractivity contribution in [2.24, 2.45) is 5.92 Å². The topological polar surface area (TPSA) is 37.4 Å². The van der Waals surface area contributed by atoms with Crippen molar-refractivity contribution in [2.75, 3.05) is 13.1 Å². The van der Waals surface area contributed by atoms with Gasteiger partial charge in [-0.1, -0.05) is 30.1 Å². The standard InChI is InChI=1S/C12H13Cl3FNO2S/c1-7-6-17(5-4-8(7)13)20(18,19)10-3-2-9(14)12(16)11(10)15/h2-3,7-8H,4-6H2,1H3. The van der Waals surface area contributed by atoms with Crippen LogP contribution in [0.2, 0.25) is 10.0 Å². The van der Waals surface area contributed by atoms with E-state index in [4.69, 9.17) is 34.8 Å².